The molecule has 1 amide bonds. The van der Waals surface area contributed by atoms with Gasteiger partial charge in [-0.15, -0.1) is 0 Å². The molecule has 6 heteroatoms. The first-order valence-electron chi connectivity index (χ1n) is 8.29. The molecule has 0 spiro atoms. The van der Waals surface area contributed by atoms with Crippen LogP contribution in [-0.4, -0.2) is 16.6 Å². The zero-order valence-corrected chi connectivity index (χ0v) is 17.0. The van der Waals surface area contributed by atoms with Gasteiger partial charge >= 0.3 is 0 Å². The van der Waals surface area contributed by atoms with Crippen LogP contribution in [-0.2, 0) is 11.2 Å². The number of hydrogen-bond acceptors (Lipinski definition) is 4. The molecule has 0 aliphatic heterocycles. The molecule has 3 aromatic rings. The summed E-state index contributed by atoms with van der Waals surface area (Å²) in [5, 5.41) is 3.49. The van der Waals surface area contributed by atoms with Crippen molar-refractivity contribution in [2.75, 3.05) is 11.1 Å². The first-order chi connectivity index (χ1) is 12.6. The van der Waals surface area contributed by atoms with Crippen molar-refractivity contribution < 1.29 is 9.21 Å². The topological polar surface area (TPSA) is 55.1 Å². The molecule has 1 heterocycles. The second-order valence-corrected chi connectivity index (χ2v) is 7.64. The number of oxazole rings is 1. The summed E-state index contributed by atoms with van der Waals surface area (Å²) in [4.78, 5) is 16.6. The first-order valence-corrected chi connectivity index (χ1v) is 10.1. The smallest absolute Gasteiger partial charge is 0.256 e. The molecular weight excluding hydrogens is 412 g/mol. The molecular formula is C20H19BrN2O2S. The van der Waals surface area contributed by atoms with Gasteiger partial charge in [-0.2, -0.15) is 0 Å². The number of para-hydroxylation sites is 1. The molecule has 26 heavy (non-hydrogen) atoms. The van der Waals surface area contributed by atoms with Crippen LogP contribution in [0.1, 0.15) is 18.1 Å². The summed E-state index contributed by atoms with van der Waals surface area (Å²) in [6.07, 6.45) is 2.55. The third kappa shape index (κ3) is 4.56. The van der Waals surface area contributed by atoms with E-state index >= 15 is 0 Å². The van der Waals surface area contributed by atoms with Gasteiger partial charge in [-0.3, -0.25) is 4.79 Å². The maximum atomic E-state index is 12.3. The van der Waals surface area contributed by atoms with Crippen molar-refractivity contribution in [1.29, 1.82) is 0 Å². The Morgan fingerprint density at radius 3 is 2.85 bits per heavy atom. The van der Waals surface area contributed by atoms with Crippen LogP contribution in [0.15, 0.2) is 62.8 Å². The lowest BCUT2D eigenvalue weighted by Gasteiger charge is -2.12. The molecule has 0 bridgehead atoms. The standard InChI is InChI=1S/C20H19BrN2O2S/c1-3-14-7-4-6-13(2)19(14)23-18(24)12-26-20-22-11-17(25-20)15-8-5-9-16(21)10-15/h4-11H,3,12H2,1-2H3,(H,23,24). The number of aromatic nitrogens is 1. The first kappa shape index (κ1) is 18.7. The molecule has 1 N–H and O–H groups in total. The van der Waals surface area contributed by atoms with E-state index in [1.54, 1.807) is 6.20 Å². The fourth-order valence-corrected chi connectivity index (χ4v) is 3.61. The lowest BCUT2D eigenvalue weighted by Crippen LogP contribution is -2.16. The van der Waals surface area contributed by atoms with Crippen molar-refractivity contribution >= 4 is 39.3 Å². The summed E-state index contributed by atoms with van der Waals surface area (Å²) in [7, 11) is 0. The summed E-state index contributed by atoms with van der Waals surface area (Å²) in [6.45, 7) is 4.08. The predicted molar refractivity (Wildman–Crippen MR) is 110 cm³/mol. The van der Waals surface area contributed by atoms with E-state index < -0.39 is 0 Å². The number of halogens is 1. The predicted octanol–water partition coefficient (Wildman–Crippen LogP) is 5.71. The number of aryl methyl sites for hydroxylation is 2. The Kier molecular flexibility index (Phi) is 6.16. The fourth-order valence-electron chi connectivity index (χ4n) is 2.60. The number of benzene rings is 2. The minimum Gasteiger partial charge on any atom is -0.431 e. The normalized spacial score (nSPS) is 10.7. The molecule has 0 aliphatic carbocycles. The number of carbonyl (C=O) groups is 1. The van der Waals surface area contributed by atoms with Crippen LogP contribution in [0.4, 0.5) is 5.69 Å². The minimum absolute atomic E-state index is 0.0683. The third-order valence-electron chi connectivity index (χ3n) is 3.92. The molecule has 0 radical (unpaired) electrons. The van der Waals surface area contributed by atoms with Crippen molar-refractivity contribution in [3.05, 3.63) is 64.3 Å². The van der Waals surface area contributed by atoms with Gasteiger partial charge in [-0.05, 0) is 36.6 Å². The number of anilines is 1. The lowest BCUT2D eigenvalue weighted by molar-refractivity contribution is -0.113. The second kappa shape index (κ2) is 8.56. The summed E-state index contributed by atoms with van der Waals surface area (Å²) >= 11 is 4.73. The van der Waals surface area contributed by atoms with Crippen LogP contribution in [0.5, 0.6) is 0 Å². The van der Waals surface area contributed by atoms with E-state index in [1.807, 2.05) is 49.4 Å². The Balaban J connectivity index is 1.62. The summed E-state index contributed by atoms with van der Waals surface area (Å²) in [5.74, 6) is 0.859. The van der Waals surface area contributed by atoms with Gasteiger partial charge in [0.25, 0.3) is 5.22 Å². The summed E-state index contributed by atoms with van der Waals surface area (Å²) in [5.41, 5.74) is 4.05. The van der Waals surface area contributed by atoms with Gasteiger partial charge in [0.05, 0.1) is 11.9 Å². The van der Waals surface area contributed by atoms with Crippen molar-refractivity contribution in [3.63, 3.8) is 0 Å². The molecule has 0 fully saturated rings. The summed E-state index contributed by atoms with van der Waals surface area (Å²) < 4.78 is 6.72. The quantitative estimate of drug-likeness (QED) is 0.509. The van der Waals surface area contributed by atoms with Crippen molar-refractivity contribution in [2.45, 2.75) is 25.5 Å². The number of thioether (sulfide) groups is 1. The van der Waals surface area contributed by atoms with Gasteiger partial charge in [0.1, 0.15) is 0 Å². The van der Waals surface area contributed by atoms with Crippen LogP contribution in [0.3, 0.4) is 0 Å². The Hall–Kier alpha value is -2.05. The monoisotopic (exact) mass is 430 g/mol. The van der Waals surface area contributed by atoms with Crippen molar-refractivity contribution in [1.82, 2.24) is 4.98 Å². The van der Waals surface area contributed by atoms with Crippen LogP contribution < -0.4 is 5.32 Å². The van der Waals surface area contributed by atoms with Gasteiger partial charge in [0.2, 0.25) is 5.91 Å². The molecule has 0 atom stereocenters. The molecule has 134 valence electrons. The zero-order chi connectivity index (χ0) is 18.5. The number of carbonyl (C=O) groups excluding carboxylic acids is 1. The molecule has 3 rings (SSSR count). The third-order valence-corrected chi connectivity index (χ3v) is 5.26. The highest BCUT2D eigenvalue weighted by Gasteiger charge is 2.12. The van der Waals surface area contributed by atoms with E-state index in [4.69, 9.17) is 4.42 Å². The highest BCUT2D eigenvalue weighted by atomic mass is 79.9. The van der Waals surface area contributed by atoms with E-state index in [2.05, 4.69) is 33.2 Å². The van der Waals surface area contributed by atoms with E-state index in [0.717, 1.165) is 33.3 Å². The number of nitrogens with zero attached hydrogens (tertiary/aromatic N) is 1. The highest BCUT2D eigenvalue weighted by Crippen LogP contribution is 2.27. The van der Waals surface area contributed by atoms with E-state index in [1.165, 1.54) is 11.8 Å². The molecule has 4 nitrogen and oxygen atoms in total. The van der Waals surface area contributed by atoms with Crippen LogP contribution in [0.2, 0.25) is 0 Å². The average molecular weight is 431 g/mol. The van der Waals surface area contributed by atoms with Gasteiger partial charge < -0.3 is 9.73 Å². The number of hydrogen-bond donors (Lipinski definition) is 1. The summed E-state index contributed by atoms with van der Waals surface area (Å²) in [6, 6.07) is 13.9. The van der Waals surface area contributed by atoms with Crippen LogP contribution in [0, 0.1) is 6.92 Å². The average Bonchev–Trinajstić information content (AvgIpc) is 3.11. The highest BCUT2D eigenvalue weighted by molar-refractivity contribution is 9.10. The van der Waals surface area contributed by atoms with Crippen LogP contribution in [0.25, 0.3) is 11.3 Å². The minimum atomic E-state index is -0.0683. The Morgan fingerprint density at radius 1 is 1.27 bits per heavy atom. The fraction of sp³-hybridized carbons (Fsp3) is 0.200. The van der Waals surface area contributed by atoms with Crippen molar-refractivity contribution in [3.8, 4) is 11.3 Å². The molecule has 0 aliphatic rings. The lowest BCUT2D eigenvalue weighted by atomic mass is 10.1. The number of nitrogens with one attached hydrogen (secondary N) is 1. The van der Waals surface area contributed by atoms with E-state index in [0.29, 0.717) is 11.0 Å². The molecule has 0 unspecified atom stereocenters. The van der Waals surface area contributed by atoms with E-state index in [-0.39, 0.29) is 11.7 Å². The number of amides is 1. The molecule has 2 aromatic carbocycles. The van der Waals surface area contributed by atoms with Gasteiger partial charge in [0.15, 0.2) is 5.76 Å². The van der Waals surface area contributed by atoms with E-state index in [9.17, 15) is 4.79 Å². The van der Waals surface area contributed by atoms with Gasteiger partial charge in [-0.25, -0.2) is 4.98 Å². The Morgan fingerprint density at radius 2 is 2.08 bits per heavy atom. The zero-order valence-electron chi connectivity index (χ0n) is 14.6. The largest absolute Gasteiger partial charge is 0.431 e. The molecule has 1 aromatic heterocycles. The Labute approximate surface area is 165 Å². The van der Waals surface area contributed by atoms with Crippen LogP contribution >= 0.6 is 27.7 Å². The maximum Gasteiger partial charge on any atom is 0.256 e. The molecule has 0 saturated carbocycles. The second-order valence-electron chi connectivity index (χ2n) is 5.80. The maximum absolute atomic E-state index is 12.3. The van der Waals surface area contributed by atoms with Crippen molar-refractivity contribution in [2.24, 2.45) is 0 Å². The van der Waals surface area contributed by atoms with Gasteiger partial charge in [-0.1, -0.05) is 64.9 Å². The SMILES string of the molecule is CCc1cccc(C)c1NC(=O)CSc1ncc(-c2cccc(Br)c2)o1. The Bertz CT molecular complexity index is 924. The molecule has 0 saturated heterocycles. The number of rotatable bonds is 6. The van der Waals surface area contributed by atoms with Gasteiger partial charge in [0, 0.05) is 15.7 Å².